The highest BCUT2D eigenvalue weighted by Crippen LogP contribution is 2.29. The molecule has 30 heavy (non-hydrogen) atoms. The fourth-order valence-corrected chi connectivity index (χ4v) is 6.60. The van der Waals surface area contributed by atoms with Gasteiger partial charge >= 0.3 is 0 Å². The zero-order valence-electron chi connectivity index (χ0n) is 17.6. The third kappa shape index (κ3) is 5.35. The van der Waals surface area contributed by atoms with Gasteiger partial charge in [-0.1, -0.05) is 30.6 Å². The van der Waals surface area contributed by atoms with E-state index in [9.17, 15) is 9.59 Å². The van der Waals surface area contributed by atoms with Crippen molar-refractivity contribution >= 4 is 39.1 Å². The van der Waals surface area contributed by atoms with Gasteiger partial charge in [0.2, 0.25) is 16.0 Å². The van der Waals surface area contributed by atoms with Crippen molar-refractivity contribution in [1.29, 1.82) is 0 Å². The summed E-state index contributed by atoms with van der Waals surface area (Å²) in [6.07, 6.45) is 9.61. The van der Waals surface area contributed by atoms with Crippen molar-refractivity contribution < 1.29 is 4.79 Å². The van der Waals surface area contributed by atoms with Gasteiger partial charge in [-0.3, -0.25) is 9.59 Å². The van der Waals surface area contributed by atoms with Crippen LogP contribution in [0.4, 0.5) is 5.13 Å². The molecule has 2 aromatic rings. The predicted molar refractivity (Wildman–Crippen MR) is 124 cm³/mol. The normalized spacial score (nSPS) is 18.8. The summed E-state index contributed by atoms with van der Waals surface area (Å²) < 4.78 is 1.37. The van der Waals surface area contributed by atoms with Crippen LogP contribution < -0.4 is 15.8 Å². The Labute approximate surface area is 185 Å². The predicted octanol–water partition coefficient (Wildman–Crippen LogP) is 3.25. The van der Waals surface area contributed by atoms with E-state index < -0.39 is 0 Å². The van der Waals surface area contributed by atoms with E-state index in [-0.39, 0.29) is 17.4 Å². The highest BCUT2D eigenvalue weighted by Gasteiger charge is 2.26. The van der Waals surface area contributed by atoms with Crippen molar-refractivity contribution in [3.8, 4) is 0 Å². The molecular formula is C21H31N5O2S2. The zero-order valence-corrected chi connectivity index (χ0v) is 19.3. The first-order chi connectivity index (χ1) is 14.6. The fraction of sp³-hybridized carbons (Fsp3) is 0.714. The Balaban J connectivity index is 1.19. The number of nitrogens with zero attached hydrogens (tertiary/aromatic N) is 4. The van der Waals surface area contributed by atoms with Gasteiger partial charge in [-0.15, -0.1) is 5.10 Å². The molecule has 1 amide bonds. The third-order valence-corrected chi connectivity index (χ3v) is 8.46. The van der Waals surface area contributed by atoms with Crippen LogP contribution in [0.1, 0.15) is 57.1 Å². The number of fused-ring (bicyclic) bond motifs is 1. The lowest BCUT2D eigenvalue weighted by Gasteiger charge is -2.30. The summed E-state index contributed by atoms with van der Waals surface area (Å²) in [7, 11) is 0. The standard InChI is InChI=1S/C21H31N5O2S2/c1-15-14-18(27)26-20(23-15)30-21(24-26)25-11-8-16(9-12-25)19(28)22-10-5-13-29-17-6-3-2-4-7-17/h14,16-17H,2-13H2,1H3,(H,22,28). The minimum Gasteiger partial charge on any atom is -0.356 e. The largest absolute Gasteiger partial charge is 0.356 e. The molecule has 1 aliphatic heterocycles. The van der Waals surface area contributed by atoms with Crippen LogP contribution in [0.15, 0.2) is 10.9 Å². The molecule has 2 fully saturated rings. The molecule has 0 spiro atoms. The van der Waals surface area contributed by atoms with E-state index in [1.807, 2.05) is 6.92 Å². The van der Waals surface area contributed by atoms with Crippen molar-refractivity contribution in [3.63, 3.8) is 0 Å². The Morgan fingerprint density at radius 3 is 2.77 bits per heavy atom. The average Bonchev–Trinajstić information content (AvgIpc) is 3.19. The van der Waals surface area contributed by atoms with Crippen molar-refractivity contribution in [1.82, 2.24) is 19.9 Å². The summed E-state index contributed by atoms with van der Waals surface area (Å²) in [6.45, 7) is 4.16. The molecule has 0 bridgehead atoms. The first-order valence-electron chi connectivity index (χ1n) is 11.1. The van der Waals surface area contributed by atoms with Gasteiger partial charge in [0.05, 0.1) is 0 Å². The quantitative estimate of drug-likeness (QED) is 0.654. The third-order valence-electron chi connectivity index (χ3n) is 6.02. The van der Waals surface area contributed by atoms with Gasteiger partial charge in [-0.25, -0.2) is 4.98 Å². The SMILES string of the molecule is Cc1cc(=O)n2nc(N3CCC(C(=O)NCCCSC4CCCCC4)CC3)sc2n1. The second kappa shape index (κ2) is 10.1. The van der Waals surface area contributed by atoms with E-state index in [4.69, 9.17) is 0 Å². The van der Waals surface area contributed by atoms with Gasteiger partial charge in [0, 0.05) is 42.6 Å². The lowest BCUT2D eigenvalue weighted by Crippen LogP contribution is -2.41. The van der Waals surface area contributed by atoms with E-state index in [0.29, 0.717) is 10.7 Å². The molecule has 2 aliphatic rings. The van der Waals surface area contributed by atoms with E-state index >= 15 is 0 Å². The van der Waals surface area contributed by atoms with Gasteiger partial charge in [0.15, 0.2) is 0 Å². The minimum atomic E-state index is -0.143. The van der Waals surface area contributed by atoms with Gasteiger partial charge < -0.3 is 10.2 Å². The molecule has 1 saturated heterocycles. The fourth-order valence-electron chi connectivity index (χ4n) is 4.28. The Kier molecular flexibility index (Phi) is 7.30. The number of hydrogen-bond acceptors (Lipinski definition) is 7. The van der Waals surface area contributed by atoms with Crippen molar-refractivity contribution in [2.24, 2.45) is 5.92 Å². The molecule has 0 aromatic carbocycles. The second-order valence-corrected chi connectivity index (χ2v) is 10.7. The molecular weight excluding hydrogens is 418 g/mol. The van der Waals surface area contributed by atoms with E-state index in [0.717, 1.165) is 55.0 Å². The van der Waals surface area contributed by atoms with Crippen molar-refractivity contribution in [3.05, 3.63) is 22.1 Å². The molecule has 1 N–H and O–H groups in total. The molecule has 1 aliphatic carbocycles. The van der Waals surface area contributed by atoms with E-state index in [1.54, 1.807) is 0 Å². The number of aryl methyl sites for hydroxylation is 1. The molecule has 0 unspecified atom stereocenters. The van der Waals surface area contributed by atoms with Gasteiger partial charge in [-0.2, -0.15) is 16.3 Å². The number of amides is 1. The highest BCUT2D eigenvalue weighted by molar-refractivity contribution is 7.99. The van der Waals surface area contributed by atoms with Gasteiger partial charge in [-0.05, 0) is 44.8 Å². The molecule has 9 heteroatoms. The van der Waals surface area contributed by atoms with Gasteiger partial charge in [0.1, 0.15) is 0 Å². The van der Waals surface area contributed by atoms with Crippen LogP contribution in [0, 0.1) is 12.8 Å². The Morgan fingerprint density at radius 2 is 2.00 bits per heavy atom. The first-order valence-corrected chi connectivity index (χ1v) is 13.0. The van der Waals surface area contributed by atoms with Crippen LogP contribution in [0.3, 0.4) is 0 Å². The van der Waals surface area contributed by atoms with Crippen LogP contribution in [0.5, 0.6) is 0 Å². The molecule has 4 rings (SSSR count). The van der Waals surface area contributed by atoms with E-state index in [2.05, 4.69) is 32.1 Å². The maximum atomic E-state index is 12.5. The van der Waals surface area contributed by atoms with Crippen LogP contribution in [0.25, 0.3) is 4.96 Å². The second-order valence-electron chi connectivity index (χ2n) is 8.35. The summed E-state index contributed by atoms with van der Waals surface area (Å²) in [5.74, 6) is 1.41. The number of rotatable bonds is 7. The summed E-state index contributed by atoms with van der Waals surface area (Å²) in [5, 5.41) is 9.23. The molecule has 1 saturated carbocycles. The minimum absolute atomic E-state index is 0.0738. The van der Waals surface area contributed by atoms with E-state index in [1.165, 1.54) is 54.0 Å². The number of nitrogens with one attached hydrogen (secondary N) is 1. The topological polar surface area (TPSA) is 79.6 Å². The summed E-state index contributed by atoms with van der Waals surface area (Å²) in [4.78, 5) is 31.8. The molecule has 2 aromatic heterocycles. The average molecular weight is 450 g/mol. The smallest absolute Gasteiger partial charge is 0.275 e. The van der Waals surface area contributed by atoms with Crippen LogP contribution in [-0.4, -0.2) is 51.1 Å². The summed E-state index contributed by atoms with van der Waals surface area (Å²) in [5.41, 5.74) is 0.568. The van der Waals surface area contributed by atoms with Crippen LogP contribution in [0.2, 0.25) is 0 Å². The lowest BCUT2D eigenvalue weighted by atomic mass is 9.96. The van der Waals surface area contributed by atoms with Crippen molar-refractivity contribution in [2.45, 2.75) is 63.5 Å². The highest BCUT2D eigenvalue weighted by atomic mass is 32.2. The van der Waals surface area contributed by atoms with Crippen molar-refractivity contribution in [2.75, 3.05) is 30.3 Å². The molecule has 0 radical (unpaired) electrons. The number of hydrogen-bond donors (Lipinski definition) is 1. The zero-order chi connectivity index (χ0) is 20.9. The number of anilines is 1. The Bertz CT molecular complexity index is 914. The molecule has 0 atom stereocenters. The number of carbonyl (C=O) groups excluding carboxylic acids is 1. The number of piperidine rings is 1. The number of carbonyl (C=O) groups is 1. The number of aromatic nitrogens is 3. The first kappa shape index (κ1) is 21.6. The molecule has 164 valence electrons. The number of thioether (sulfide) groups is 1. The lowest BCUT2D eigenvalue weighted by molar-refractivity contribution is -0.125. The summed E-state index contributed by atoms with van der Waals surface area (Å²) >= 11 is 3.53. The summed E-state index contributed by atoms with van der Waals surface area (Å²) in [6, 6.07) is 1.50. The Morgan fingerprint density at radius 1 is 1.23 bits per heavy atom. The van der Waals surface area contributed by atoms with Gasteiger partial charge in [0.25, 0.3) is 5.56 Å². The Hall–Kier alpha value is -1.61. The maximum Gasteiger partial charge on any atom is 0.275 e. The van der Waals surface area contributed by atoms with Crippen LogP contribution >= 0.6 is 23.1 Å². The monoisotopic (exact) mass is 449 g/mol. The van der Waals surface area contributed by atoms with Crippen LogP contribution in [-0.2, 0) is 4.79 Å². The molecule has 3 heterocycles. The maximum absolute atomic E-state index is 12.5. The molecule has 7 nitrogen and oxygen atoms in total.